The summed E-state index contributed by atoms with van der Waals surface area (Å²) in [4.78, 5) is 4.15. The van der Waals surface area contributed by atoms with Crippen LogP contribution < -0.4 is 0 Å². The largest absolute Gasteiger partial charge is 0.338 e. The summed E-state index contributed by atoms with van der Waals surface area (Å²) in [5.74, 6) is 0.921. The van der Waals surface area contributed by atoms with Crippen LogP contribution in [0.2, 0.25) is 0 Å². The Morgan fingerprint density at radius 3 is 2.77 bits per heavy atom. The van der Waals surface area contributed by atoms with Crippen molar-refractivity contribution < 1.29 is 0 Å². The Morgan fingerprint density at radius 1 is 1.38 bits per heavy atom. The number of rotatable bonds is 2. The lowest BCUT2D eigenvalue weighted by atomic mass is 9.86. The molecule has 0 spiro atoms. The molecule has 0 saturated heterocycles. The average molecular weight is 178 g/mol. The summed E-state index contributed by atoms with van der Waals surface area (Å²) in [6, 6.07) is 0. The summed E-state index contributed by atoms with van der Waals surface area (Å²) in [5.41, 5.74) is 1.40. The smallest absolute Gasteiger partial charge is 0.0945 e. The van der Waals surface area contributed by atoms with Crippen LogP contribution in [-0.4, -0.2) is 9.55 Å². The van der Waals surface area contributed by atoms with Gasteiger partial charge in [-0.05, 0) is 12.3 Å². The molecule has 0 bridgehead atoms. The van der Waals surface area contributed by atoms with Crippen molar-refractivity contribution in [3.63, 3.8) is 0 Å². The lowest BCUT2D eigenvalue weighted by Crippen LogP contribution is -2.11. The molecule has 2 nitrogen and oxygen atoms in total. The normalized spacial score (nSPS) is 19.2. The molecule has 1 aromatic rings. The summed E-state index contributed by atoms with van der Waals surface area (Å²) in [7, 11) is 2.09. The number of hydrogen-bond acceptors (Lipinski definition) is 1. The maximum absolute atomic E-state index is 4.15. The molecule has 2 heteroatoms. The van der Waals surface area contributed by atoms with Crippen molar-refractivity contribution in [2.75, 3.05) is 0 Å². The van der Waals surface area contributed by atoms with E-state index in [1.807, 2.05) is 12.5 Å². The quantitative estimate of drug-likeness (QED) is 0.680. The van der Waals surface area contributed by atoms with Crippen LogP contribution in [0.5, 0.6) is 0 Å². The first kappa shape index (κ1) is 8.79. The molecule has 0 aliphatic heterocycles. The Kier molecular flexibility index (Phi) is 2.67. The van der Waals surface area contributed by atoms with Crippen molar-refractivity contribution in [2.24, 2.45) is 13.0 Å². The standard InChI is InChI=1S/C11H18N2/c1-13-9-12-8-11(13)7-10-5-3-2-4-6-10/h8-10H,2-7H2,1H3. The second-order valence-corrected chi connectivity index (χ2v) is 4.20. The molecule has 0 unspecified atom stereocenters. The minimum Gasteiger partial charge on any atom is -0.338 e. The van der Waals surface area contributed by atoms with E-state index in [9.17, 15) is 0 Å². The van der Waals surface area contributed by atoms with Crippen molar-refractivity contribution in [1.29, 1.82) is 0 Å². The molecule has 0 aromatic carbocycles. The third-order valence-corrected chi connectivity index (χ3v) is 3.14. The molecule has 1 aliphatic rings. The van der Waals surface area contributed by atoms with Crippen LogP contribution in [0.3, 0.4) is 0 Å². The van der Waals surface area contributed by atoms with Gasteiger partial charge in [0, 0.05) is 18.9 Å². The van der Waals surface area contributed by atoms with E-state index in [1.54, 1.807) is 0 Å². The van der Waals surface area contributed by atoms with Crippen LogP contribution >= 0.6 is 0 Å². The molecule has 1 aromatic heterocycles. The van der Waals surface area contributed by atoms with E-state index in [1.165, 1.54) is 44.2 Å². The van der Waals surface area contributed by atoms with Crippen LogP contribution in [0.4, 0.5) is 0 Å². The van der Waals surface area contributed by atoms with Crippen molar-refractivity contribution >= 4 is 0 Å². The van der Waals surface area contributed by atoms with E-state index in [4.69, 9.17) is 0 Å². The molecular weight excluding hydrogens is 160 g/mol. The molecular formula is C11H18N2. The number of nitrogens with zero attached hydrogens (tertiary/aromatic N) is 2. The molecule has 1 heterocycles. The molecule has 0 amide bonds. The zero-order valence-corrected chi connectivity index (χ0v) is 8.37. The highest BCUT2D eigenvalue weighted by Gasteiger charge is 2.14. The van der Waals surface area contributed by atoms with Gasteiger partial charge in [0.1, 0.15) is 0 Å². The van der Waals surface area contributed by atoms with Crippen LogP contribution in [0, 0.1) is 5.92 Å². The maximum Gasteiger partial charge on any atom is 0.0945 e. The SMILES string of the molecule is Cn1cncc1CC1CCCCC1. The molecule has 13 heavy (non-hydrogen) atoms. The van der Waals surface area contributed by atoms with Gasteiger partial charge in [0.05, 0.1) is 6.33 Å². The van der Waals surface area contributed by atoms with Crippen molar-refractivity contribution in [3.8, 4) is 0 Å². The highest BCUT2D eigenvalue weighted by molar-refractivity contribution is 4.99. The van der Waals surface area contributed by atoms with Gasteiger partial charge in [0.25, 0.3) is 0 Å². The molecule has 1 saturated carbocycles. The van der Waals surface area contributed by atoms with Gasteiger partial charge in [-0.3, -0.25) is 0 Å². The zero-order chi connectivity index (χ0) is 9.10. The topological polar surface area (TPSA) is 17.8 Å². The lowest BCUT2D eigenvalue weighted by Gasteiger charge is -2.21. The lowest BCUT2D eigenvalue weighted by molar-refractivity contribution is 0.352. The van der Waals surface area contributed by atoms with Crippen LogP contribution in [-0.2, 0) is 13.5 Å². The van der Waals surface area contributed by atoms with Crippen LogP contribution in [0.25, 0.3) is 0 Å². The molecule has 0 atom stereocenters. The number of hydrogen-bond donors (Lipinski definition) is 0. The first-order valence-corrected chi connectivity index (χ1v) is 5.31. The monoisotopic (exact) mass is 178 g/mol. The van der Waals surface area contributed by atoms with E-state index >= 15 is 0 Å². The van der Waals surface area contributed by atoms with Crippen LogP contribution in [0.15, 0.2) is 12.5 Å². The van der Waals surface area contributed by atoms with Gasteiger partial charge in [-0.2, -0.15) is 0 Å². The van der Waals surface area contributed by atoms with Gasteiger partial charge in [-0.25, -0.2) is 4.98 Å². The minimum absolute atomic E-state index is 0.921. The Bertz CT molecular complexity index is 259. The van der Waals surface area contributed by atoms with Gasteiger partial charge in [0.15, 0.2) is 0 Å². The van der Waals surface area contributed by atoms with Gasteiger partial charge >= 0.3 is 0 Å². The summed E-state index contributed by atoms with van der Waals surface area (Å²) < 4.78 is 2.15. The first-order valence-electron chi connectivity index (χ1n) is 5.31. The van der Waals surface area contributed by atoms with E-state index in [0.717, 1.165) is 5.92 Å². The number of aromatic nitrogens is 2. The highest BCUT2D eigenvalue weighted by Crippen LogP contribution is 2.26. The van der Waals surface area contributed by atoms with Crippen molar-refractivity contribution in [1.82, 2.24) is 9.55 Å². The Morgan fingerprint density at radius 2 is 2.15 bits per heavy atom. The molecule has 1 aliphatic carbocycles. The molecule has 1 fully saturated rings. The van der Waals surface area contributed by atoms with Gasteiger partial charge in [0.2, 0.25) is 0 Å². The molecule has 72 valence electrons. The summed E-state index contributed by atoms with van der Waals surface area (Å²) >= 11 is 0. The van der Waals surface area contributed by atoms with E-state index < -0.39 is 0 Å². The average Bonchev–Trinajstić information content (AvgIpc) is 2.54. The summed E-state index contributed by atoms with van der Waals surface area (Å²) in [6.07, 6.45) is 12.3. The number of aryl methyl sites for hydroxylation is 1. The van der Waals surface area contributed by atoms with Gasteiger partial charge in [-0.15, -0.1) is 0 Å². The third-order valence-electron chi connectivity index (χ3n) is 3.14. The Balaban J connectivity index is 1.93. The minimum atomic E-state index is 0.921. The maximum atomic E-state index is 4.15. The van der Waals surface area contributed by atoms with Crippen molar-refractivity contribution in [3.05, 3.63) is 18.2 Å². The fraction of sp³-hybridized carbons (Fsp3) is 0.727. The number of imidazole rings is 1. The highest BCUT2D eigenvalue weighted by atomic mass is 15.0. The summed E-state index contributed by atoms with van der Waals surface area (Å²) in [5, 5.41) is 0. The molecule has 2 rings (SSSR count). The van der Waals surface area contributed by atoms with Crippen LogP contribution in [0.1, 0.15) is 37.8 Å². The molecule has 0 N–H and O–H groups in total. The Hall–Kier alpha value is -0.790. The summed E-state index contributed by atoms with van der Waals surface area (Å²) in [6.45, 7) is 0. The third kappa shape index (κ3) is 2.11. The second kappa shape index (κ2) is 3.95. The van der Waals surface area contributed by atoms with Gasteiger partial charge < -0.3 is 4.57 Å². The fourth-order valence-corrected chi connectivity index (χ4v) is 2.27. The van der Waals surface area contributed by atoms with E-state index in [0.29, 0.717) is 0 Å². The second-order valence-electron chi connectivity index (χ2n) is 4.20. The predicted octanol–water partition coefficient (Wildman–Crippen LogP) is 2.54. The van der Waals surface area contributed by atoms with Gasteiger partial charge in [-0.1, -0.05) is 32.1 Å². The van der Waals surface area contributed by atoms with Crippen molar-refractivity contribution in [2.45, 2.75) is 38.5 Å². The zero-order valence-electron chi connectivity index (χ0n) is 8.37. The predicted molar refractivity (Wildman–Crippen MR) is 53.5 cm³/mol. The molecule has 0 radical (unpaired) electrons. The van der Waals surface area contributed by atoms with E-state index in [2.05, 4.69) is 16.6 Å². The Labute approximate surface area is 80.0 Å². The fourth-order valence-electron chi connectivity index (χ4n) is 2.27. The van der Waals surface area contributed by atoms with E-state index in [-0.39, 0.29) is 0 Å². The first-order chi connectivity index (χ1) is 6.36.